The molecule has 0 aromatic heterocycles. The second-order valence-electron chi connectivity index (χ2n) is 5.95. The Morgan fingerprint density at radius 1 is 1.25 bits per heavy atom. The molecule has 1 aliphatic rings. The van der Waals surface area contributed by atoms with Gasteiger partial charge in [0, 0.05) is 10.0 Å². The monoisotopic (exact) mass is 396 g/mol. The van der Waals surface area contributed by atoms with Crippen molar-refractivity contribution in [3.05, 3.63) is 34.3 Å². The fourth-order valence-corrected chi connectivity index (χ4v) is 2.49. The molecular weight excluding hydrogens is 380 g/mol. The first-order chi connectivity index (χ1) is 11.1. The number of carbonyl (C=O) groups is 4. The van der Waals surface area contributed by atoms with Gasteiger partial charge >= 0.3 is 12.0 Å². The third kappa shape index (κ3) is 3.81. The van der Waals surface area contributed by atoms with Gasteiger partial charge in [-0.15, -0.1) is 0 Å². The van der Waals surface area contributed by atoms with Crippen molar-refractivity contribution in [1.29, 1.82) is 0 Å². The summed E-state index contributed by atoms with van der Waals surface area (Å²) in [5.74, 6) is -1.71. The van der Waals surface area contributed by atoms with Gasteiger partial charge in [-0.25, -0.2) is 4.79 Å². The van der Waals surface area contributed by atoms with Crippen molar-refractivity contribution in [2.45, 2.75) is 32.4 Å². The normalized spacial score (nSPS) is 17.4. The summed E-state index contributed by atoms with van der Waals surface area (Å²) in [5, 5.41) is 2.46. The Hall–Kier alpha value is -2.22. The molecule has 0 bridgehead atoms. The number of esters is 1. The number of halogens is 1. The van der Waals surface area contributed by atoms with Crippen LogP contribution in [0.15, 0.2) is 28.7 Å². The molecule has 0 spiro atoms. The average molecular weight is 397 g/mol. The van der Waals surface area contributed by atoms with Gasteiger partial charge in [-0.2, -0.15) is 0 Å². The highest BCUT2D eigenvalue weighted by molar-refractivity contribution is 9.10. The van der Waals surface area contributed by atoms with Crippen molar-refractivity contribution < 1.29 is 23.9 Å². The lowest BCUT2D eigenvalue weighted by atomic mass is 10.1. The number of benzene rings is 1. The van der Waals surface area contributed by atoms with Gasteiger partial charge < -0.3 is 10.1 Å². The number of hydrogen-bond donors (Lipinski definition) is 1. The molecule has 0 saturated carbocycles. The van der Waals surface area contributed by atoms with Crippen molar-refractivity contribution in [1.82, 2.24) is 10.2 Å². The van der Waals surface area contributed by atoms with Crippen molar-refractivity contribution in [3.8, 4) is 0 Å². The lowest BCUT2D eigenvalue weighted by molar-refractivity contribution is -0.149. The van der Waals surface area contributed by atoms with E-state index in [1.54, 1.807) is 24.3 Å². The van der Waals surface area contributed by atoms with E-state index in [9.17, 15) is 19.2 Å². The number of ether oxygens (including phenoxy) is 1. The lowest BCUT2D eigenvalue weighted by Crippen LogP contribution is -2.41. The predicted octanol–water partition coefficient (Wildman–Crippen LogP) is 1.89. The van der Waals surface area contributed by atoms with Crippen molar-refractivity contribution >= 4 is 39.6 Å². The van der Waals surface area contributed by atoms with Crippen LogP contribution in [0.5, 0.6) is 0 Å². The largest absolute Gasteiger partial charge is 0.453 e. The maximum absolute atomic E-state index is 12.2. The van der Waals surface area contributed by atoms with Gasteiger partial charge in [0.25, 0.3) is 5.91 Å². The quantitative estimate of drug-likeness (QED) is 0.466. The summed E-state index contributed by atoms with van der Waals surface area (Å²) >= 11 is 3.27. The van der Waals surface area contributed by atoms with Crippen molar-refractivity contribution in [2.75, 3.05) is 6.54 Å². The van der Waals surface area contributed by atoms with Crippen LogP contribution >= 0.6 is 15.9 Å². The van der Waals surface area contributed by atoms with Gasteiger partial charge in [-0.1, -0.05) is 28.1 Å². The Morgan fingerprint density at radius 3 is 2.33 bits per heavy atom. The molecule has 3 amide bonds. The molecule has 0 radical (unpaired) electrons. The summed E-state index contributed by atoms with van der Waals surface area (Å²) in [6.07, 6.45) is -1.02. The van der Waals surface area contributed by atoms with Crippen LogP contribution in [-0.4, -0.2) is 46.8 Å². The molecule has 1 fully saturated rings. The maximum Gasteiger partial charge on any atom is 0.326 e. The van der Waals surface area contributed by atoms with Gasteiger partial charge in [0.1, 0.15) is 12.1 Å². The Labute approximate surface area is 147 Å². The van der Waals surface area contributed by atoms with E-state index in [2.05, 4.69) is 21.2 Å². The molecule has 1 aromatic carbocycles. The molecule has 1 atom stereocenters. The maximum atomic E-state index is 12.2. The first kappa shape index (κ1) is 18.1. The Bertz CT molecular complexity index is 699. The van der Waals surface area contributed by atoms with E-state index in [0.717, 1.165) is 9.37 Å². The number of imide groups is 1. The van der Waals surface area contributed by atoms with Gasteiger partial charge in [-0.05, 0) is 32.9 Å². The first-order valence-corrected chi connectivity index (χ1v) is 8.04. The Kier molecular flexibility index (Phi) is 5.08. The van der Waals surface area contributed by atoms with Crippen LogP contribution in [0.25, 0.3) is 0 Å². The summed E-state index contributed by atoms with van der Waals surface area (Å²) in [6, 6.07) is 5.97. The SMILES string of the molecule is C[C@H](OC(=O)CN1C(=O)NC(C)(C)C1=O)C(=O)c1ccc(Br)cc1. The number of nitrogens with one attached hydrogen (secondary N) is 1. The number of nitrogens with zero attached hydrogens (tertiary/aromatic N) is 1. The summed E-state index contributed by atoms with van der Waals surface area (Å²) in [4.78, 5) is 48.7. The van der Waals surface area contributed by atoms with Crippen LogP contribution in [-0.2, 0) is 14.3 Å². The number of ketones is 1. The molecule has 128 valence electrons. The average Bonchev–Trinajstić information content (AvgIpc) is 2.69. The minimum atomic E-state index is -1.06. The van der Waals surface area contributed by atoms with Gasteiger partial charge in [-0.3, -0.25) is 19.3 Å². The molecule has 24 heavy (non-hydrogen) atoms. The third-order valence-corrected chi connectivity index (χ3v) is 4.07. The topological polar surface area (TPSA) is 92.8 Å². The summed E-state index contributed by atoms with van der Waals surface area (Å²) in [6.45, 7) is 3.99. The number of hydrogen-bond acceptors (Lipinski definition) is 5. The fraction of sp³-hybridized carbons (Fsp3) is 0.375. The smallest absolute Gasteiger partial charge is 0.326 e. The highest BCUT2D eigenvalue weighted by atomic mass is 79.9. The number of carbonyl (C=O) groups excluding carboxylic acids is 4. The summed E-state index contributed by atoms with van der Waals surface area (Å²) < 4.78 is 5.87. The molecule has 1 saturated heterocycles. The van der Waals surface area contributed by atoms with Gasteiger partial charge in [0.15, 0.2) is 6.10 Å². The zero-order chi connectivity index (χ0) is 18.1. The lowest BCUT2D eigenvalue weighted by Gasteiger charge is -2.17. The minimum Gasteiger partial charge on any atom is -0.453 e. The molecule has 1 N–H and O–H groups in total. The summed E-state index contributed by atoms with van der Waals surface area (Å²) in [5.41, 5.74) is -0.662. The molecule has 0 aliphatic carbocycles. The zero-order valence-corrected chi connectivity index (χ0v) is 15.0. The number of rotatable bonds is 5. The third-order valence-electron chi connectivity index (χ3n) is 3.54. The number of amides is 3. The van der Waals surface area contributed by atoms with Crippen LogP contribution < -0.4 is 5.32 Å². The molecule has 1 aliphatic heterocycles. The highest BCUT2D eigenvalue weighted by Crippen LogP contribution is 2.17. The van der Waals surface area contributed by atoms with Gasteiger partial charge in [0.05, 0.1) is 0 Å². The molecule has 0 unspecified atom stereocenters. The molecule has 8 heteroatoms. The Morgan fingerprint density at radius 2 is 1.83 bits per heavy atom. The van der Waals surface area contributed by atoms with Crippen LogP contribution in [0, 0.1) is 0 Å². The van der Waals surface area contributed by atoms with Crippen molar-refractivity contribution in [3.63, 3.8) is 0 Å². The van der Waals surface area contributed by atoms with E-state index in [1.165, 1.54) is 20.8 Å². The Balaban J connectivity index is 1.97. The van der Waals surface area contributed by atoms with E-state index >= 15 is 0 Å². The fourth-order valence-electron chi connectivity index (χ4n) is 2.23. The first-order valence-electron chi connectivity index (χ1n) is 7.25. The standard InChI is InChI=1S/C16H17BrN2O5/c1-9(13(21)10-4-6-11(17)7-5-10)24-12(20)8-19-14(22)16(2,3)18-15(19)23/h4-7,9H,8H2,1-3H3,(H,18,23)/t9-/m0/s1. The van der Waals surface area contributed by atoms with E-state index < -0.39 is 36.1 Å². The van der Waals surface area contributed by atoms with E-state index in [-0.39, 0.29) is 5.78 Å². The van der Waals surface area contributed by atoms with Crippen LogP contribution in [0.4, 0.5) is 4.79 Å². The van der Waals surface area contributed by atoms with E-state index in [1.807, 2.05) is 0 Å². The van der Waals surface area contributed by atoms with E-state index in [4.69, 9.17) is 4.74 Å². The second-order valence-corrected chi connectivity index (χ2v) is 6.87. The molecule has 2 rings (SSSR count). The number of urea groups is 1. The minimum absolute atomic E-state index is 0.367. The summed E-state index contributed by atoms with van der Waals surface area (Å²) in [7, 11) is 0. The van der Waals surface area contributed by atoms with Gasteiger partial charge in [0.2, 0.25) is 5.78 Å². The second kappa shape index (κ2) is 6.72. The van der Waals surface area contributed by atoms with Crippen LogP contribution in [0.1, 0.15) is 31.1 Å². The van der Waals surface area contributed by atoms with Crippen LogP contribution in [0.3, 0.4) is 0 Å². The molecule has 1 aromatic rings. The molecule has 1 heterocycles. The predicted molar refractivity (Wildman–Crippen MR) is 88.4 cm³/mol. The number of Topliss-reactive ketones (excluding diaryl/α,β-unsaturated/α-hetero) is 1. The van der Waals surface area contributed by atoms with Crippen molar-refractivity contribution in [2.24, 2.45) is 0 Å². The molecular formula is C16H17BrN2O5. The highest BCUT2D eigenvalue weighted by Gasteiger charge is 2.45. The van der Waals surface area contributed by atoms with Crippen LogP contribution in [0.2, 0.25) is 0 Å². The van der Waals surface area contributed by atoms with E-state index in [0.29, 0.717) is 5.56 Å². The zero-order valence-electron chi connectivity index (χ0n) is 13.5. The molecule has 7 nitrogen and oxygen atoms in total.